The number of benzene rings is 2. The molecule has 0 unspecified atom stereocenters. The number of carbonyl (C=O) groups excluding carboxylic acids is 2. The lowest BCUT2D eigenvalue weighted by Crippen LogP contribution is -2.46. The summed E-state index contributed by atoms with van der Waals surface area (Å²) in [5.74, 6) is -0.487. The van der Waals surface area contributed by atoms with Crippen molar-refractivity contribution in [1.29, 1.82) is 0 Å². The third-order valence-electron chi connectivity index (χ3n) is 4.87. The predicted molar refractivity (Wildman–Crippen MR) is 110 cm³/mol. The fourth-order valence-corrected chi connectivity index (χ4v) is 3.48. The molecule has 2 aromatic carbocycles. The fourth-order valence-electron chi connectivity index (χ4n) is 3.48. The van der Waals surface area contributed by atoms with Crippen molar-refractivity contribution in [2.45, 2.75) is 6.42 Å². The van der Waals surface area contributed by atoms with Crippen LogP contribution < -0.4 is 0 Å². The van der Waals surface area contributed by atoms with Gasteiger partial charge in [-0.3, -0.25) is 9.59 Å². The lowest BCUT2D eigenvalue weighted by atomic mass is 9.99. The standard InChI is InChI=1S/C24H20N2O2/c1-25(26-22-16-8-5-12-19(22)13-9-17-23(26)27)24(28)21-15-7-6-14-20(21)18-10-3-2-4-11-18/h2-11,13-17H,12H2,1H3. The molecule has 2 aliphatic rings. The number of carbonyl (C=O) groups is 2. The molecular weight excluding hydrogens is 348 g/mol. The summed E-state index contributed by atoms with van der Waals surface area (Å²) < 4.78 is 0. The monoisotopic (exact) mass is 368 g/mol. The number of allylic oxidation sites excluding steroid dienone is 6. The zero-order valence-corrected chi connectivity index (χ0v) is 15.6. The second kappa shape index (κ2) is 7.53. The van der Waals surface area contributed by atoms with E-state index in [1.807, 2.05) is 72.8 Å². The first-order valence-corrected chi connectivity index (χ1v) is 9.18. The van der Waals surface area contributed by atoms with Gasteiger partial charge in [0.25, 0.3) is 11.8 Å². The molecule has 0 spiro atoms. The van der Waals surface area contributed by atoms with Gasteiger partial charge in [0.15, 0.2) is 0 Å². The smallest absolute Gasteiger partial charge is 0.267 e. The topological polar surface area (TPSA) is 40.6 Å². The second-order valence-electron chi connectivity index (χ2n) is 6.63. The summed E-state index contributed by atoms with van der Waals surface area (Å²) in [5.41, 5.74) is 4.08. The Kier molecular flexibility index (Phi) is 4.77. The summed E-state index contributed by atoms with van der Waals surface area (Å²) >= 11 is 0. The summed E-state index contributed by atoms with van der Waals surface area (Å²) in [6.45, 7) is 0. The molecule has 28 heavy (non-hydrogen) atoms. The first-order valence-electron chi connectivity index (χ1n) is 9.18. The van der Waals surface area contributed by atoms with Crippen LogP contribution >= 0.6 is 0 Å². The minimum absolute atomic E-state index is 0.238. The molecule has 0 N–H and O–H groups in total. The maximum absolute atomic E-state index is 13.4. The summed E-state index contributed by atoms with van der Waals surface area (Å²) in [5, 5.41) is 2.85. The van der Waals surface area contributed by atoms with Gasteiger partial charge in [-0.05, 0) is 35.3 Å². The van der Waals surface area contributed by atoms with Crippen molar-refractivity contribution in [3.63, 3.8) is 0 Å². The molecule has 4 nitrogen and oxygen atoms in total. The summed E-state index contributed by atoms with van der Waals surface area (Å²) in [6.07, 6.45) is 11.7. The third kappa shape index (κ3) is 3.21. The molecule has 4 heteroatoms. The highest BCUT2D eigenvalue weighted by Crippen LogP contribution is 2.29. The third-order valence-corrected chi connectivity index (χ3v) is 4.87. The van der Waals surface area contributed by atoms with Gasteiger partial charge in [-0.2, -0.15) is 0 Å². The Morgan fingerprint density at radius 3 is 2.54 bits per heavy atom. The van der Waals surface area contributed by atoms with Gasteiger partial charge in [-0.1, -0.05) is 72.8 Å². The van der Waals surface area contributed by atoms with Crippen LogP contribution in [0.1, 0.15) is 16.8 Å². The van der Waals surface area contributed by atoms with Crippen LogP contribution in [0.15, 0.2) is 102 Å². The van der Waals surface area contributed by atoms with E-state index in [2.05, 4.69) is 0 Å². The van der Waals surface area contributed by atoms with E-state index >= 15 is 0 Å². The van der Waals surface area contributed by atoms with Crippen molar-refractivity contribution in [2.24, 2.45) is 0 Å². The molecule has 1 heterocycles. The van der Waals surface area contributed by atoms with Gasteiger partial charge < -0.3 is 0 Å². The van der Waals surface area contributed by atoms with Gasteiger partial charge in [0, 0.05) is 18.7 Å². The maximum Gasteiger partial charge on any atom is 0.273 e. The van der Waals surface area contributed by atoms with Gasteiger partial charge in [0.05, 0.1) is 5.70 Å². The first kappa shape index (κ1) is 17.7. The highest BCUT2D eigenvalue weighted by atomic mass is 16.2. The normalized spacial score (nSPS) is 15.5. The number of nitrogens with zero attached hydrogens (tertiary/aromatic N) is 2. The maximum atomic E-state index is 13.4. The molecule has 138 valence electrons. The predicted octanol–water partition coefficient (Wildman–Crippen LogP) is 4.51. The average Bonchev–Trinajstić information content (AvgIpc) is 2.91. The quantitative estimate of drug-likeness (QED) is 0.800. The lowest BCUT2D eigenvalue weighted by Gasteiger charge is -2.34. The lowest BCUT2D eigenvalue weighted by molar-refractivity contribution is -0.133. The van der Waals surface area contributed by atoms with Gasteiger partial charge in [0.1, 0.15) is 0 Å². The molecule has 0 atom stereocenters. The van der Waals surface area contributed by atoms with Gasteiger partial charge >= 0.3 is 0 Å². The van der Waals surface area contributed by atoms with E-state index in [1.54, 1.807) is 19.2 Å². The molecule has 0 saturated heterocycles. The number of rotatable bonds is 3. The SMILES string of the molecule is CN(C(=O)c1ccccc1-c1ccccc1)N1C(=O)C=CC=C2CC=CC=C21. The van der Waals surface area contributed by atoms with Crippen LogP contribution in [0, 0.1) is 0 Å². The van der Waals surface area contributed by atoms with E-state index in [0.717, 1.165) is 28.8 Å². The molecule has 0 saturated carbocycles. The van der Waals surface area contributed by atoms with Crippen LogP contribution in [0.5, 0.6) is 0 Å². The Morgan fingerprint density at radius 2 is 1.71 bits per heavy atom. The highest BCUT2D eigenvalue weighted by Gasteiger charge is 2.29. The van der Waals surface area contributed by atoms with Crippen LogP contribution in [0.3, 0.4) is 0 Å². The van der Waals surface area contributed by atoms with Crippen molar-refractivity contribution in [3.05, 3.63) is 108 Å². The van der Waals surface area contributed by atoms with E-state index in [9.17, 15) is 9.59 Å². The van der Waals surface area contributed by atoms with Crippen LogP contribution in [-0.4, -0.2) is 28.9 Å². The van der Waals surface area contributed by atoms with Gasteiger partial charge in [-0.15, -0.1) is 0 Å². The summed E-state index contributed by atoms with van der Waals surface area (Å²) in [7, 11) is 1.64. The molecule has 1 aliphatic heterocycles. The number of amides is 2. The second-order valence-corrected chi connectivity index (χ2v) is 6.63. The Balaban J connectivity index is 1.74. The molecule has 0 radical (unpaired) electrons. The van der Waals surface area contributed by atoms with Crippen LogP contribution in [0.2, 0.25) is 0 Å². The van der Waals surface area contributed by atoms with Crippen molar-refractivity contribution in [2.75, 3.05) is 7.05 Å². The minimum atomic E-state index is -0.249. The fraction of sp³-hybridized carbons (Fsp3) is 0.0833. The number of hydrogen-bond acceptors (Lipinski definition) is 2. The van der Waals surface area contributed by atoms with E-state index in [0.29, 0.717) is 5.56 Å². The minimum Gasteiger partial charge on any atom is -0.267 e. The largest absolute Gasteiger partial charge is 0.273 e. The molecular formula is C24H20N2O2. The van der Waals surface area contributed by atoms with Crippen molar-refractivity contribution in [1.82, 2.24) is 10.0 Å². The Bertz CT molecular complexity index is 1050. The molecule has 0 bridgehead atoms. The molecule has 2 amide bonds. The van der Waals surface area contributed by atoms with E-state index in [4.69, 9.17) is 0 Å². The summed E-state index contributed by atoms with van der Waals surface area (Å²) in [4.78, 5) is 26.2. The van der Waals surface area contributed by atoms with Crippen molar-refractivity contribution in [3.8, 4) is 11.1 Å². The highest BCUT2D eigenvalue weighted by molar-refractivity contribution is 6.02. The number of hydrogen-bond donors (Lipinski definition) is 0. The molecule has 1 aliphatic carbocycles. The van der Waals surface area contributed by atoms with E-state index in [1.165, 1.54) is 16.1 Å². The van der Waals surface area contributed by atoms with Gasteiger partial charge in [0.2, 0.25) is 0 Å². The van der Waals surface area contributed by atoms with Crippen LogP contribution in [0.4, 0.5) is 0 Å². The Labute approximate surface area is 164 Å². The van der Waals surface area contributed by atoms with E-state index in [-0.39, 0.29) is 11.8 Å². The molecule has 0 aromatic heterocycles. The van der Waals surface area contributed by atoms with Crippen LogP contribution in [0.25, 0.3) is 11.1 Å². The van der Waals surface area contributed by atoms with Crippen molar-refractivity contribution < 1.29 is 9.59 Å². The van der Waals surface area contributed by atoms with Crippen LogP contribution in [-0.2, 0) is 4.79 Å². The molecule has 4 rings (SSSR count). The Hall–Kier alpha value is -3.66. The van der Waals surface area contributed by atoms with Gasteiger partial charge in [-0.25, -0.2) is 10.0 Å². The van der Waals surface area contributed by atoms with E-state index < -0.39 is 0 Å². The zero-order valence-electron chi connectivity index (χ0n) is 15.6. The van der Waals surface area contributed by atoms with Crippen molar-refractivity contribution >= 4 is 11.8 Å². The number of hydrazine groups is 1. The molecule has 0 fully saturated rings. The number of fused-ring (bicyclic) bond motifs is 1. The Morgan fingerprint density at radius 1 is 0.964 bits per heavy atom. The first-order chi connectivity index (χ1) is 13.7. The zero-order chi connectivity index (χ0) is 19.5. The molecule has 2 aromatic rings. The summed E-state index contributed by atoms with van der Waals surface area (Å²) in [6, 6.07) is 17.3. The average molecular weight is 368 g/mol.